The summed E-state index contributed by atoms with van der Waals surface area (Å²) in [4.78, 5) is 0. The van der Waals surface area contributed by atoms with Gasteiger partial charge < -0.3 is 4.42 Å². The molecule has 1 aromatic heterocycles. The van der Waals surface area contributed by atoms with E-state index in [0.29, 0.717) is 5.76 Å². The van der Waals surface area contributed by atoms with Gasteiger partial charge in [-0.05, 0) is 36.8 Å². The molecule has 1 aromatic carbocycles. The molecule has 84 valence electrons. The highest BCUT2D eigenvalue weighted by Gasteiger charge is 2.16. The van der Waals surface area contributed by atoms with Gasteiger partial charge in [-0.1, -0.05) is 12.1 Å². The molecular weight excluding hydrogens is 207 g/mol. The average Bonchev–Trinajstić information content (AvgIpc) is 2.66. The molecule has 0 amide bonds. The lowest BCUT2D eigenvalue weighted by Crippen LogP contribution is -2.28. The molecule has 0 fully saturated rings. The van der Waals surface area contributed by atoms with Crippen molar-refractivity contribution in [1.82, 2.24) is 5.43 Å². The van der Waals surface area contributed by atoms with Crippen LogP contribution in [-0.4, -0.2) is 0 Å². The van der Waals surface area contributed by atoms with Crippen molar-refractivity contribution in [3.8, 4) is 0 Å². The molecule has 2 rings (SSSR count). The fourth-order valence-electron chi connectivity index (χ4n) is 1.64. The second-order valence-corrected chi connectivity index (χ2v) is 3.60. The van der Waals surface area contributed by atoms with E-state index in [-0.39, 0.29) is 11.9 Å². The molecule has 1 atom stereocenters. The van der Waals surface area contributed by atoms with Crippen molar-refractivity contribution < 1.29 is 8.81 Å². The third-order valence-corrected chi connectivity index (χ3v) is 2.39. The molecule has 1 heterocycles. The van der Waals surface area contributed by atoms with Crippen LogP contribution >= 0.6 is 0 Å². The highest BCUT2D eigenvalue weighted by atomic mass is 19.1. The van der Waals surface area contributed by atoms with Crippen molar-refractivity contribution in [3.05, 3.63) is 59.3 Å². The molecule has 3 N–H and O–H groups in total. The lowest BCUT2D eigenvalue weighted by molar-refractivity contribution is 0.434. The number of hydrogen-bond donors (Lipinski definition) is 2. The first kappa shape index (κ1) is 10.9. The first-order valence-corrected chi connectivity index (χ1v) is 4.98. The van der Waals surface area contributed by atoms with Crippen LogP contribution < -0.4 is 11.3 Å². The topological polar surface area (TPSA) is 51.2 Å². The Morgan fingerprint density at radius 2 is 2.12 bits per heavy atom. The summed E-state index contributed by atoms with van der Waals surface area (Å²) in [7, 11) is 0. The van der Waals surface area contributed by atoms with Crippen LogP contribution in [0.5, 0.6) is 0 Å². The van der Waals surface area contributed by atoms with Crippen LogP contribution in [0.3, 0.4) is 0 Å². The van der Waals surface area contributed by atoms with Gasteiger partial charge in [-0.15, -0.1) is 0 Å². The Balaban J connectivity index is 2.36. The van der Waals surface area contributed by atoms with E-state index in [1.54, 1.807) is 12.1 Å². The molecule has 0 saturated heterocycles. The van der Waals surface area contributed by atoms with Gasteiger partial charge in [0.05, 0.1) is 0 Å². The van der Waals surface area contributed by atoms with E-state index in [2.05, 4.69) is 5.43 Å². The van der Waals surface area contributed by atoms with Crippen LogP contribution in [-0.2, 0) is 0 Å². The largest absolute Gasteiger partial charge is 0.464 e. The van der Waals surface area contributed by atoms with E-state index in [4.69, 9.17) is 10.3 Å². The molecule has 0 saturated carbocycles. The van der Waals surface area contributed by atoms with E-state index in [0.717, 1.165) is 11.3 Å². The summed E-state index contributed by atoms with van der Waals surface area (Å²) in [6.07, 6.45) is 0. The smallest absolute Gasteiger partial charge is 0.126 e. The maximum absolute atomic E-state index is 13.1. The number of nitrogens with one attached hydrogen (secondary N) is 1. The Hall–Kier alpha value is -1.65. The number of benzene rings is 1. The summed E-state index contributed by atoms with van der Waals surface area (Å²) in [6.45, 7) is 1.85. The monoisotopic (exact) mass is 220 g/mol. The number of aryl methyl sites for hydroxylation is 1. The molecule has 1 unspecified atom stereocenters. The molecule has 2 aromatic rings. The fraction of sp³-hybridized carbons (Fsp3) is 0.167. The third-order valence-electron chi connectivity index (χ3n) is 2.39. The number of halogens is 1. The molecule has 0 aliphatic heterocycles. The molecule has 0 bridgehead atoms. The van der Waals surface area contributed by atoms with Gasteiger partial charge in [0, 0.05) is 0 Å². The number of furan rings is 1. The first-order valence-electron chi connectivity index (χ1n) is 4.98. The van der Waals surface area contributed by atoms with E-state index < -0.39 is 0 Å². The van der Waals surface area contributed by atoms with Gasteiger partial charge in [0.1, 0.15) is 23.4 Å². The van der Waals surface area contributed by atoms with Crippen LogP contribution in [0.25, 0.3) is 0 Å². The van der Waals surface area contributed by atoms with Crippen LogP contribution in [0.15, 0.2) is 40.8 Å². The summed E-state index contributed by atoms with van der Waals surface area (Å²) in [5, 5.41) is 0. The van der Waals surface area contributed by atoms with Crippen molar-refractivity contribution in [2.45, 2.75) is 13.0 Å². The number of hydrazine groups is 1. The van der Waals surface area contributed by atoms with Gasteiger partial charge in [0.25, 0.3) is 0 Å². The Labute approximate surface area is 93.0 Å². The van der Waals surface area contributed by atoms with E-state index >= 15 is 0 Å². The van der Waals surface area contributed by atoms with Crippen molar-refractivity contribution in [2.75, 3.05) is 0 Å². The number of rotatable bonds is 3. The Morgan fingerprint density at radius 1 is 1.31 bits per heavy atom. The van der Waals surface area contributed by atoms with Gasteiger partial charge in [-0.25, -0.2) is 9.82 Å². The SMILES string of the molecule is Cc1ccc(C(NN)c2cccc(F)c2)o1. The highest BCUT2D eigenvalue weighted by Crippen LogP contribution is 2.23. The summed E-state index contributed by atoms with van der Waals surface area (Å²) in [5.41, 5.74) is 3.35. The molecular formula is C12H13FN2O. The van der Waals surface area contributed by atoms with E-state index in [9.17, 15) is 4.39 Å². The van der Waals surface area contributed by atoms with Crippen LogP contribution in [0.1, 0.15) is 23.1 Å². The van der Waals surface area contributed by atoms with E-state index in [1.807, 2.05) is 19.1 Å². The van der Waals surface area contributed by atoms with Crippen LogP contribution in [0.2, 0.25) is 0 Å². The van der Waals surface area contributed by atoms with Gasteiger partial charge in [0.2, 0.25) is 0 Å². The van der Waals surface area contributed by atoms with Crippen molar-refractivity contribution in [3.63, 3.8) is 0 Å². The molecule has 4 heteroatoms. The summed E-state index contributed by atoms with van der Waals surface area (Å²) in [6, 6.07) is 9.61. The highest BCUT2D eigenvalue weighted by molar-refractivity contribution is 5.27. The Morgan fingerprint density at radius 3 is 2.69 bits per heavy atom. The predicted molar refractivity (Wildman–Crippen MR) is 59.0 cm³/mol. The number of hydrogen-bond acceptors (Lipinski definition) is 3. The van der Waals surface area contributed by atoms with Crippen molar-refractivity contribution >= 4 is 0 Å². The second kappa shape index (κ2) is 4.47. The molecule has 0 radical (unpaired) electrons. The lowest BCUT2D eigenvalue weighted by Gasteiger charge is -2.13. The maximum atomic E-state index is 13.1. The zero-order chi connectivity index (χ0) is 11.5. The lowest BCUT2D eigenvalue weighted by atomic mass is 10.1. The quantitative estimate of drug-likeness (QED) is 0.616. The van der Waals surface area contributed by atoms with Crippen molar-refractivity contribution in [1.29, 1.82) is 0 Å². The first-order chi connectivity index (χ1) is 7.70. The molecule has 0 aliphatic carbocycles. The Kier molecular flexibility index (Phi) is 3.03. The molecule has 16 heavy (non-hydrogen) atoms. The van der Waals surface area contributed by atoms with E-state index in [1.165, 1.54) is 12.1 Å². The minimum atomic E-state index is -0.329. The van der Waals surface area contributed by atoms with Crippen LogP contribution in [0.4, 0.5) is 4.39 Å². The summed E-state index contributed by atoms with van der Waals surface area (Å²) < 4.78 is 18.6. The van der Waals surface area contributed by atoms with Gasteiger partial charge in [0.15, 0.2) is 0 Å². The summed E-state index contributed by atoms with van der Waals surface area (Å²) >= 11 is 0. The molecule has 0 aliphatic rings. The fourth-order valence-corrected chi connectivity index (χ4v) is 1.64. The zero-order valence-corrected chi connectivity index (χ0v) is 8.91. The normalized spacial score (nSPS) is 12.7. The van der Waals surface area contributed by atoms with Crippen molar-refractivity contribution in [2.24, 2.45) is 5.84 Å². The molecule has 3 nitrogen and oxygen atoms in total. The average molecular weight is 220 g/mol. The minimum absolute atomic E-state index is 0.291. The van der Waals surface area contributed by atoms with Crippen LogP contribution in [0, 0.1) is 12.7 Å². The predicted octanol–water partition coefficient (Wildman–Crippen LogP) is 2.28. The standard InChI is InChI=1S/C12H13FN2O/c1-8-5-6-11(16-8)12(15-14)9-3-2-4-10(13)7-9/h2-7,12,15H,14H2,1H3. The molecule has 0 spiro atoms. The van der Waals surface area contributed by atoms with Gasteiger partial charge in [-0.3, -0.25) is 5.84 Å². The summed E-state index contributed by atoms with van der Waals surface area (Å²) in [5.74, 6) is 6.64. The Bertz CT molecular complexity index is 481. The zero-order valence-electron chi connectivity index (χ0n) is 8.91. The van der Waals surface area contributed by atoms with Gasteiger partial charge >= 0.3 is 0 Å². The third kappa shape index (κ3) is 2.13. The number of nitrogens with two attached hydrogens (primary N) is 1. The van der Waals surface area contributed by atoms with Gasteiger partial charge in [-0.2, -0.15) is 0 Å². The maximum Gasteiger partial charge on any atom is 0.126 e. The second-order valence-electron chi connectivity index (χ2n) is 3.60. The minimum Gasteiger partial charge on any atom is -0.464 e.